The summed E-state index contributed by atoms with van der Waals surface area (Å²) in [7, 11) is 0. The summed E-state index contributed by atoms with van der Waals surface area (Å²) < 4.78 is 6.98. The van der Waals surface area contributed by atoms with Crippen LogP contribution in [0, 0.1) is 0 Å². The first-order chi connectivity index (χ1) is 13.3. The lowest BCUT2D eigenvalue weighted by atomic mass is 10.1. The van der Waals surface area contributed by atoms with Crippen LogP contribution in [0.2, 0.25) is 0 Å². The quantitative estimate of drug-likeness (QED) is 0.590. The van der Waals surface area contributed by atoms with Crippen LogP contribution in [0.4, 0.5) is 0 Å². The van der Waals surface area contributed by atoms with Gasteiger partial charge in [0.15, 0.2) is 0 Å². The van der Waals surface area contributed by atoms with Crippen molar-refractivity contribution in [3.8, 4) is 5.75 Å². The number of thioether (sulfide) groups is 2. The average molecular weight is 396 g/mol. The first kappa shape index (κ1) is 18.4. The first-order valence-corrected chi connectivity index (χ1v) is 11.0. The highest BCUT2D eigenvalue weighted by molar-refractivity contribution is 8.45. The number of benzene rings is 2. The predicted octanol–water partition coefficient (Wildman–Crippen LogP) is 5.91. The molecule has 0 spiro atoms. The number of aliphatic imine (C=N–C) groups is 1. The Kier molecular flexibility index (Phi) is 6.00. The van der Waals surface area contributed by atoms with Gasteiger partial charge in [0.05, 0.1) is 6.10 Å². The number of para-hydroxylation sites is 1. The van der Waals surface area contributed by atoms with Gasteiger partial charge in [-0.05, 0) is 55.2 Å². The van der Waals surface area contributed by atoms with Crippen molar-refractivity contribution in [1.82, 2.24) is 0 Å². The molecule has 1 saturated carbocycles. The second kappa shape index (κ2) is 8.81. The Morgan fingerprint density at radius 2 is 1.81 bits per heavy atom. The van der Waals surface area contributed by atoms with E-state index < -0.39 is 0 Å². The van der Waals surface area contributed by atoms with Crippen molar-refractivity contribution >= 4 is 39.1 Å². The molecule has 3 nitrogen and oxygen atoms in total. The summed E-state index contributed by atoms with van der Waals surface area (Å²) in [4.78, 5) is 16.9. The van der Waals surface area contributed by atoms with Gasteiger partial charge >= 0.3 is 0 Å². The van der Waals surface area contributed by atoms with Crippen molar-refractivity contribution in [3.63, 3.8) is 0 Å². The second-order valence-electron chi connectivity index (χ2n) is 6.63. The normalized spacial score (nSPS) is 18.9. The number of ether oxygens (including phenoxy) is 1. The lowest BCUT2D eigenvalue weighted by molar-refractivity contribution is -0.107. The van der Waals surface area contributed by atoms with Crippen molar-refractivity contribution in [1.29, 1.82) is 0 Å². The van der Waals surface area contributed by atoms with Gasteiger partial charge < -0.3 is 4.74 Å². The zero-order valence-electron chi connectivity index (χ0n) is 15.0. The van der Waals surface area contributed by atoms with Gasteiger partial charge in [0.1, 0.15) is 15.8 Å². The smallest absolute Gasteiger partial charge is 0.244 e. The lowest BCUT2D eigenvalue weighted by Crippen LogP contribution is -2.11. The predicted molar refractivity (Wildman–Crippen MR) is 115 cm³/mol. The summed E-state index contributed by atoms with van der Waals surface area (Å²) in [6.07, 6.45) is 6.83. The van der Waals surface area contributed by atoms with E-state index in [1.54, 1.807) is 11.8 Å². The number of hydrogen-bond donors (Lipinski definition) is 0. The topological polar surface area (TPSA) is 38.7 Å². The van der Waals surface area contributed by atoms with Gasteiger partial charge in [-0.15, -0.1) is 0 Å². The maximum atomic E-state index is 12.4. The summed E-state index contributed by atoms with van der Waals surface area (Å²) in [5, 5.41) is 0.00114. The third-order valence-corrected chi connectivity index (χ3v) is 6.69. The van der Waals surface area contributed by atoms with Crippen LogP contribution < -0.4 is 4.74 Å². The van der Waals surface area contributed by atoms with Crippen molar-refractivity contribution in [2.45, 2.75) is 37.5 Å². The molecule has 0 aromatic heterocycles. The summed E-state index contributed by atoms with van der Waals surface area (Å²) in [5.41, 5.74) is 2.65. The maximum absolute atomic E-state index is 12.4. The maximum Gasteiger partial charge on any atom is 0.244 e. The molecule has 2 aromatic rings. The standard InChI is InChI=1S/C22H21NO2S2/c24-21-19(23-22(27-21)26-15-16-8-2-1-3-9-16)14-17-10-4-7-13-20(17)25-18-11-5-6-12-18/h1-4,7-10,13-14,18H,5-6,11-12,15H2. The minimum Gasteiger partial charge on any atom is -0.490 e. The van der Waals surface area contributed by atoms with Crippen LogP contribution in [0.3, 0.4) is 0 Å². The van der Waals surface area contributed by atoms with Gasteiger partial charge in [0.25, 0.3) is 0 Å². The molecule has 1 heterocycles. The van der Waals surface area contributed by atoms with Crippen LogP contribution in [-0.2, 0) is 10.5 Å². The third kappa shape index (κ3) is 4.85. The largest absolute Gasteiger partial charge is 0.490 e. The molecular formula is C22H21NO2S2. The average Bonchev–Trinajstić information content (AvgIpc) is 3.32. The molecule has 0 atom stereocenters. The van der Waals surface area contributed by atoms with E-state index in [-0.39, 0.29) is 5.12 Å². The fourth-order valence-corrected chi connectivity index (χ4v) is 5.01. The Hall–Kier alpha value is -1.98. The second-order valence-corrected chi connectivity index (χ2v) is 8.82. The molecule has 27 heavy (non-hydrogen) atoms. The van der Waals surface area contributed by atoms with E-state index in [4.69, 9.17) is 4.74 Å². The molecule has 1 aliphatic heterocycles. The Bertz CT molecular complexity index is 871. The SMILES string of the molecule is O=C1SC(SCc2ccccc2)=NC1=Cc1ccccc1OC1CCCC1. The van der Waals surface area contributed by atoms with Gasteiger partial charge in [-0.3, -0.25) is 4.79 Å². The Morgan fingerprint density at radius 3 is 2.63 bits per heavy atom. The fraction of sp³-hybridized carbons (Fsp3) is 0.273. The monoisotopic (exact) mass is 395 g/mol. The lowest BCUT2D eigenvalue weighted by Gasteiger charge is -2.15. The van der Waals surface area contributed by atoms with Crippen molar-refractivity contribution in [3.05, 3.63) is 71.4 Å². The van der Waals surface area contributed by atoms with Crippen LogP contribution in [0.15, 0.2) is 65.3 Å². The van der Waals surface area contributed by atoms with Crippen molar-refractivity contribution in [2.24, 2.45) is 4.99 Å². The Labute approximate surface area is 168 Å². The number of carbonyl (C=O) groups is 1. The first-order valence-electron chi connectivity index (χ1n) is 9.23. The Morgan fingerprint density at radius 1 is 1.07 bits per heavy atom. The molecule has 0 N–H and O–H groups in total. The molecule has 5 heteroatoms. The van der Waals surface area contributed by atoms with Gasteiger partial charge in [-0.25, -0.2) is 4.99 Å². The third-order valence-electron chi connectivity index (χ3n) is 4.61. The highest BCUT2D eigenvalue weighted by Gasteiger charge is 2.23. The van der Waals surface area contributed by atoms with Gasteiger partial charge in [-0.1, -0.05) is 60.3 Å². The van der Waals surface area contributed by atoms with E-state index in [1.165, 1.54) is 30.2 Å². The minimum atomic E-state index is 0.00114. The highest BCUT2D eigenvalue weighted by Crippen LogP contribution is 2.34. The molecule has 2 aliphatic rings. The van der Waals surface area contributed by atoms with E-state index in [1.807, 2.05) is 48.5 Å². The van der Waals surface area contributed by atoms with Crippen molar-refractivity contribution in [2.75, 3.05) is 0 Å². The van der Waals surface area contributed by atoms with E-state index >= 15 is 0 Å². The molecule has 0 radical (unpaired) electrons. The van der Waals surface area contributed by atoms with Crippen LogP contribution in [0.25, 0.3) is 6.08 Å². The molecule has 1 fully saturated rings. The molecule has 0 amide bonds. The van der Waals surface area contributed by atoms with Gasteiger partial charge in [-0.2, -0.15) is 0 Å². The number of rotatable bonds is 5. The Balaban J connectivity index is 1.48. The van der Waals surface area contributed by atoms with Gasteiger partial charge in [0, 0.05) is 11.3 Å². The van der Waals surface area contributed by atoms with Crippen LogP contribution in [-0.4, -0.2) is 15.6 Å². The molecule has 138 valence electrons. The van der Waals surface area contributed by atoms with E-state index in [0.29, 0.717) is 11.8 Å². The fourth-order valence-electron chi connectivity index (χ4n) is 3.21. The molecule has 0 bridgehead atoms. The van der Waals surface area contributed by atoms with Crippen molar-refractivity contribution < 1.29 is 9.53 Å². The molecule has 0 saturated heterocycles. The number of carbonyl (C=O) groups excluding carboxylic acids is 1. The summed E-state index contributed by atoms with van der Waals surface area (Å²) in [5.74, 6) is 1.66. The number of nitrogens with zero attached hydrogens (tertiary/aromatic N) is 1. The zero-order chi connectivity index (χ0) is 18.5. The molecule has 2 aromatic carbocycles. The van der Waals surface area contributed by atoms with Crippen LogP contribution in [0.5, 0.6) is 5.75 Å². The summed E-state index contributed by atoms with van der Waals surface area (Å²) >= 11 is 2.82. The molecule has 0 unspecified atom stereocenters. The highest BCUT2D eigenvalue weighted by atomic mass is 32.2. The summed E-state index contributed by atoms with van der Waals surface area (Å²) in [6.45, 7) is 0. The molecular weight excluding hydrogens is 374 g/mol. The van der Waals surface area contributed by atoms with E-state index in [2.05, 4.69) is 17.1 Å². The van der Waals surface area contributed by atoms with Crippen LogP contribution >= 0.6 is 23.5 Å². The molecule has 1 aliphatic carbocycles. The zero-order valence-corrected chi connectivity index (χ0v) is 16.6. The summed E-state index contributed by atoms with van der Waals surface area (Å²) in [6, 6.07) is 18.1. The van der Waals surface area contributed by atoms with Crippen LogP contribution in [0.1, 0.15) is 36.8 Å². The number of hydrogen-bond acceptors (Lipinski definition) is 5. The molecule has 4 rings (SSSR count). The van der Waals surface area contributed by atoms with Gasteiger partial charge in [0.2, 0.25) is 5.12 Å². The van der Waals surface area contributed by atoms with E-state index in [0.717, 1.165) is 34.3 Å². The van der Waals surface area contributed by atoms with E-state index in [9.17, 15) is 4.79 Å². The minimum absolute atomic E-state index is 0.00114.